The van der Waals surface area contributed by atoms with Gasteiger partial charge in [0.05, 0.1) is 21.6 Å². The second kappa shape index (κ2) is 8.79. The molecule has 176 valence electrons. The molecule has 0 spiro atoms. The van der Waals surface area contributed by atoms with Crippen molar-refractivity contribution in [1.82, 2.24) is 14.5 Å². The maximum Gasteiger partial charge on any atom is 0.261 e. The van der Waals surface area contributed by atoms with E-state index in [0.717, 1.165) is 43.0 Å². The van der Waals surface area contributed by atoms with Crippen molar-refractivity contribution in [3.05, 3.63) is 48.3 Å². The largest absolute Gasteiger partial charge is 0.326 e. The third-order valence-corrected chi connectivity index (χ3v) is 7.14. The van der Waals surface area contributed by atoms with E-state index in [1.54, 1.807) is 24.3 Å². The van der Waals surface area contributed by atoms with E-state index in [9.17, 15) is 13.2 Å². The number of rotatable bonds is 7. The van der Waals surface area contributed by atoms with Crippen molar-refractivity contribution in [2.24, 2.45) is 0 Å². The Hall–Kier alpha value is -2.91. The molecule has 3 aromatic rings. The van der Waals surface area contributed by atoms with E-state index < -0.39 is 10.0 Å². The number of nitrogens with zero attached hydrogens (tertiary/aromatic N) is 3. The SMILES string of the molecule is CC(=O)Nc1ccc(S(=O)(=O)Nc2ccc3c(c2)nc(C(C)(C)C)n3CCN2CCC2)cc1. The van der Waals surface area contributed by atoms with Gasteiger partial charge in [-0.3, -0.25) is 9.52 Å². The molecule has 0 bridgehead atoms. The molecule has 1 saturated heterocycles. The summed E-state index contributed by atoms with van der Waals surface area (Å²) in [6, 6.07) is 11.6. The fourth-order valence-corrected chi connectivity index (χ4v) is 5.02. The molecular formula is C24H31N5O3S. The van der Waals surface area contributed by atoms with Crippen LogP contribution in [0.5, 0.6) is 0 Å². The van der Waals surface area contributed by atoms with E-state index >= 15 is 0 Å². The Morgan fingerprint density at radius 2 is 1.70 bits per heavy atom. The Bertz CT molecular complexity index is 1270. The van der Waals surface area contributed by atoms with Gasteiger partial charge in [0.15, 0.2) is 0 Å². The van der Waals surface area contributed by atoms with Crippen LogP contribution in [-0.2, 0) is 26.8 Å². The van der Waals surface area contributed by atoms with Crippen molar-refractivity contribution in [2.45, 2.75) is 51.0 Å². The number of aromatic nitrogens is 2. The molecule has 33 heavy (non-hydrogen) atoms. The molecule has 0 radical (unpaired) electrons. The highest BCUT2D eigenvalue weighted by atomic mass is 32.2. The molecule has 9 heteroatoms. The molecule has 1 aliphatic heterocycles. The molecule has 8 nitrogen and oxygen atoms in total. The van der Waals surface area contributed by atoms with Crippen LogP contribution in [0.4, 0.5) is 11.4 Å². The smallest absolute Gasteiger partial charge is 0.261 e. The highest BCUT2D eigenvalue weighted by Gasteiger charge is 2.24. The topological polar surface area (TPSA) is 96.3 Å². The standard InChI is InChI=1S/C24H31N5O3S/c1-17(30)25-18-6-9-20(10-7-18)33(31,32)27-19-8-11-22-21(16-19)26-23(24(2,3)4)29(22)15-14-28-12-5-13-28/h6-11,16,27H,5,12-15H2,1-4H3,(H,25,30). The van der Waals surface area contributed by atoms with Crippen LogP contribution in [0.1, 0.15) is 39.9 Å². The lowest BCUT2D eigenvalue weighted by molar-refractivity contribution is -0.114. The zero-order chi connectivity index (χ0) is 23.8. The van der Waals surface area contributed by atoms with Crippen LogP contribution in [-0.4, -0.2) is 48.4 Å². The molecule has 2 heterocycles. The van der Waals surface area contributed by atoms with Gasteiger partial charge in [-0.25, -0.2) is 13.4 Å². The molecule has 1 aliphatic rings. The van der Waals surface area contributed by atoms with Crippen molar-refractivity contribution in [3.63, 3.8) is 0 Å². The number of sulfonamides is 1. The van der Waals surface area contributed by atoms with E-state index in [1.807, 2.05) is 6.07 Å². The van der Waals surface area contributed by atoms with Gasteiger partial charge in [0.25, 0.3) is 10.0 Å². The first-order valence-corrected chi connectivity index (χ1v) is 12.6. The van der Waals surface area contributed by atoms with Crippen molar-refractivity contribution in [3.8, 4) is 0 Å². The first-order valence-electron chi connectivity index (χ1n) is 11.2. The minimum atomic E-state index is -3.78. The average Bonchev–Trinajstić information content (AvgIpc) is 3.05. The molecule has 0 aliphatic carbocycles. The van der Waals surface area contributed by atoms with Gasteiger partial charge in [0.2, 0.25) is 5.91 Å². The number of hydrogen-bond donors (Lipinski definition) is 2. The van der Waals surface area contributed by atoms with Crippen molar-refractivity contribution < 1.29 is 13.2 Å². The highest BCUT2D eigenvalue weighted by Crippen LogP contribution is 2.29. The van der Waals surface area contributed by atoms with E-state index in [0.29, 0.717) is 11.4 Å². The minimum Gasteiger partial charge on any atom is -0.326 e. The van der Waals surface area contributed by atoms with Crippen LogP contribution in [0.3, 0.4) is 0 Å². The van der Waals surface area contributed by atoms with Crippen LogP contribution in [0.15, 0.2) is 47.4 Å². The quantitative estimate of drug-likeness (QED) is 0.549. The number of benzene rings is 2. The number of fused-ring (bicyclic) bond motifs is 1. The average molecular weight is 470 g/mol. The molecular weight excluding hydrogens is 438 g/mol. The van der Waals surface area contributed by atoms with Gasteiger partial charge in [-0.1, -0.05) is 20.8 Å². The molecule has 0 atom stereocenters. The normalized spacial score (nSPS) is 14.8. The van der Waals surface area contributed by atoms with Gasteiger partial charge >= 0.3 is 0 Å². The maximum atomic E-state index is 12.9. The third-order valence-electron chi connectivity index (χ3n) is 5.74. The molecule has 1 fully saturated rings. The molecule has 1 aromatic heterocycles. The summed E-state index contributed by atoms with van der Waals surface area (Å²) in [6.45, 7) is 12.0. The Labute approximate surface area is 195 Å². The number of carbonyl (C=O) groups is 1. The number of imidazole rings is 1. The summed E-state index contributed by atoms with van der Waals surface area (Å²) in [4.78, 5) is 18.6. The van der Waals surface area contributed by atoms with Crippen LogP contribution < -0.4 is 10.0 Å². The van der Waals surface area contributed by atoms with Crippen LogP contribution >= 0.6 is 0 Å². The van der Waals surface area contributed by atoms with E-state index in [2.05, 4.69) is 40.3 Å². The zero-order valence-electron chi connectivity index (χ0n) is 19.6. The summed E-state index contributed by atoms with van der Waals surface area (Å²) in [5, 5.41) is 2.63. The summed E-state index contributed by atoms with van der Waals surface area (Å²) in [7, 11) is -3.78. The fourth-order valence-electron chi connectivity index (χ4n) is 3.97. The number of anilines is 2. The Balaban J connectivity index is 1.60. The lowest BCUT2D eigenvalue weighted by atomic mass is 9.95. The predicted octanol–water partition coefficient (Wildman–Crippen LogP) is 3.80. The van der Waals surface area contributed by atoms with E-state index in [-0.39, 0.29) is 16.2 Å². The molecule has 2 N–H and O–H groups in total. The third kappa shape index (κ3) is 5.20. The highest BCUT2D eigenvalue weighted by molar-refractivity contribution is 7.92. The lowest BCUT2D eigenvalue weighted by Gasteiger charge is -2.31. The van der Waals surface area contributed by atoms with E-state index in [1.165, 1.54) is 25.5 Å². The molecule has 1 amide bonds. The molecule has 0 saturated carbocycles. The molecule has 2 aromatic carbocycles. The molecule has 0 unspecified atom stereocenters. The number of amides is 1. The summed E-state index contributed by atoms with van der Waals surface area (Å²) >= 11 is 0. The van der Waals surface area contributed by atoms with Gasteiger partial charge < -0.3 is 14.8 Å². The van der Waals surface area contributed by atoms with Crippen LogP contribution in [0, 0.1) is 0 Å². The Kier molecular flexibility index (Phi) is 6.20. The predicted molar refractivity (Wildman–Crippen MR) is 131 cm³/mol. The fraction of sp³-hybridized carbons (Fsp3) is 0.417. The van der Waals surface area contributed by atoms with Crippen molar-refractivity contribution in [2.75, 3.05) is 29.7 Å². The summed E-state index contributed by atoms with van der Waals surface area (Å²) < 4.78 is 30.7. The molecule has 4 rings (SSSR count). The minimum absolute atomic E-state index is 0.118. The first kappa shape index (κ1) is 23.3. The number of nitrogens with one attached hydrogen (secondary N) is 2. The van der Waals surface area contributed by atoms with Crippen LogP contribution in [0.2, 0.25) is 0 Å². The summed E-state index contributed by atoms with van der Waals surface area (Å²) in [6.07, 6.45) is 1.26. The van der Waals surface area contributed by atoms with Crippen LogP contribution in [0.25, 0.3) is 11.0 Å². The van der Waals surface area contributed by atoms with Gasteiger partial charge in [-0.2, -0.15) is 0 Å². The van der Waals surface area contributed by atoms with Gasteiger partial charge in [-0.15, -0.1) is 0 Å². The van der Waals surface area contributed by atoms with Gasteiger partial charge in [0, 0.05) is 31.1 Å². The van der Waals surface area contributed by atoms with Crippen molar-refractivity contribution >= 4 is 38.3 Å². The second-order valence-electron chi connectivity index (χ2n) is 9.55. The van der Waals surface area contributed by atoms with Gasteiger partial charge in [-0.05, 0) is 62.0 Å². The Morgan fingerprint density at radius 1 is 1.03 bits per heavy atom. The first-order chi connectivity index (χ1) is 15.5. The lowest BCUT2D eigenvalue weighted by Crippen LogP contribution is -2.39. The Morgan fingerprint density at radius 3 is 2.27 bits per heavy atom. The number of carbonyl (C=O) groups excluding carboxylic acids is 1. The monoisotopic (exact) mass is 469 g/mol. The second-order valence-corrected chi connectivity index (χ2v) is 11.2. The maximum absolute atomic E-state index is 12.9. The van der Waals surface area contributed by atoms with Gasteiger partial charge in [0.1, 0.15) is 5.82 Å². The number of likely N-dealkylation sites (tertiary alicyclic amines) is 1. The van der Waals surface area contributed by atoms with E-state index in [4.69, 9.17) is 4.98 Å². The number of hydrogen-bond acceptors (Lipinski definition) is 5. The van der Waals surface area contributed by atoms with Crippen molar-refractivity contribution in [1.29, 1.82) is 0 Å². The summed E-state index contributed by atoms with van der Waals surface area (Å²) in [5.41, 5.74) is 2.64. The zero-order valence-corrected chi connectivity index (χ0v) is 20.4. The summed E-state index contributed by atoms with van der Waals surface area (Å²) in [5.74, 6) is 0.780.